The third-order valence-corrected chi connectivity index (χ3v) is 4.65. The Hall–Kier alpha value is -1.06. The zero-order valence-electron chi connectivity index (χ0n) is 12.0. The van der Waals surface area contributed by atoms with Gasteiger partial charge in [0.25, 0.3) is 0 Å². The van der Waals surface area contributed by atoms with E-state index in [-0.39, 0.29) is 0 Å². The lowest BCUT2D eigenvalue weighted by atomic mass is 10.0. The molecule has 2 heterocycles. The summed E-state index contributed by atoms with van der Waals surface area (Å²) < 4.78 is 5.57. The second-order valence-corrected chi connectivity index (χ2v) is 5.94. The van der Waals surface area contributed by atoms with Gasteiger partial charge in [0.1, 0.15) is 5.76 Å². The lowest BCUT2D eigenvalue weighted by molar-refractivity contribution is 0.488. The average Bonchev–Trinajstić information content (AvgIpc) is 3.06. The van der Waals surface area contributed by atoms with Crippen LogP contribution in [0.15, 0.2) is 28.9 Å². The van der Waals surface area contributed by atoms with E-state index in [2.05, 4.69) is 44.3 Å². The summed E-state index contributed by atoms with van der Waals surface area (Å²) in [5.41, 5.74) is 1.32. The number of furan rings is 1. The van der Waals surface area contributed by atoms with Crippen LogP contribution in [-0.2, 0) is 19.3 Å². The molecule has 0 amide bonds. The Morgan fingerprint density at radius 2 is 1.89 bits per heavy atom. The predicted octanol–water partition coefficient (Wildman–Crippen LogP) is 4.36. The maximum Gasteiger partial charge on any atom is 0.108 e. The summed E-state index contributed by atoms with van der Waals surface area (Å²) in [6, 6.07) is 6.99. The molecular weight excluding hydrogens is 254 g/mol. The van der Waals surface area contributed by atoms with Crippen LogP contribution in [0.25, 0.3) is 0 Å². The van der Waals surface area contributed by atoms with E-state index in [1.807, 2.05) is 17.6 Å². The standard InChI is InChI=1S/C16H23NOS/c1-4-12-7-8-13(19-12)11-15(17-6-3)14-9-10-18-16(14)5-2/h7-10,15,17H,4-6,11H2,1-3H3. The van der Waals surface area contributed by atoms with Gasteiger partial charge >= 0.3 is 0 Å². The van der Waals surface area contributed by atoms with Crippen LogP contribution in [0.1, 0.15) is 47.9 Å². The number of rotatable bonds is 7. The molecule has 0 aromatic carbocycles. The van der Waals surface area contributed by atoms with Crippen molar-refractivity contribution in [1.29, 1.82) is 0 Å². The van der Waals surface area contributed by atoms with Crippen molar-refractivity contribution in [3.8, 4) is 0 Å². The van der Waals surface area contributed by atoms with Gasteiger partial charge in [-0.1, -0.05) is 20.8 Å². The molecule has 0 aliphatic heterocycles. The molecule has 0 bridgehead atoms. The van der Waals surface area contributed by atoms with Gasteiger partial charge in [0, 0.05) is 34.2 Å². The van der Waals surface area contributed by atoms with Crippen molar-refractivity contribution >= 4 is 11.3 Å². The van der Waals surface area contributed by atoms with Gasteiger partial charge < -0.3 is 9.73 Å². The second kappa shape index (κ2) is 6.92. The molecule has 19 heavy (non-hydrogen) atoms. The third-order valence-electron chi connectivity index (χ3n) is 3.40. The van der Waals surface area contributed by atoms with Crippen LogP contribution in [0.2, 0.25) is 0 Å². The van der Waals surface area contributed by atoms with Crippen LogP contribution in [0.3, 0.4) is 0 Å². The number of hydrogen-bond donors (Lipinski definition) is 1. The topological polar surface area (TPSA) is 25.2 Å². The van der Waals surface area contributed by atoms with Crippen molar-refractivity contribution in [2.45, 2.75) is 46.1 Å². The first-order chi connectivity index (χ1) is 9.28. The fourth-order valence-electron chi connectivity index (χ4n) is 2.41. The molecule has 2 rings (SSSR count). The van der Waals surface area contributed by atoms with Gasteiger partial charge in [-0.25, -0.2) is 0 Å². The van der Waals surface area contributed by atoms with Crippen molar-refractivity contribution in [3.05, 3.63) is 45.5 Å². The van der Waals surface area contributed by atoms with Gasteiger partial charge in [-0.05, 0) is 31.2 Å². The fourth-order valence-corrected chi connectivity index (χ4v) is 3.41. The Bertz CT molecular complexity index is 500. The van der Waals surface area contributed by atoms with Gasteiger partial charge in [0.2, 0.25) is 0 Å². The van der Waals surface area contributed by atoms with E-state index < -0.39 is 0 Å². The van der Waals surface area contributed by atoms with E-state index in [0.29, 0.717) is 6.04 Å². The number of aryl methyl sites for hydroxylation is 2. The summed E-state index contributed by atoms with van der Waals surface area (Å²) in [6.45, 7) is 7.49. The molecule has 0 saturated carbocycles. The first-order valence-electron chi connectivity index (χ1n) is 7.15. The van der Waals surface area contributed by atoms with Crippen LogP contribution in [0, 0.1) is 0 Å². The van der Waals surface area contributed by atoms with E-state index >= 15 is 0 Å². The molecule has 0 spiro atoms. The molecule has 0 fully saturated rings. The molecule has 2 aromatic rings. The summed E-state index contributed by atoms with van der Waals surface area (Å²) in [4.78, 5) is 2.92. The van der Waals surface area contributed by atoms with E-state index in [1.165, 1.54) is 15.3 Å². The monoisotopic (exact) mass is 277 g/mol. The highest BCUT2D eigenvalue weighted by atomic mass is 32.1. The largest absolute Gasteiger partial charge is 0.469 e. The minimum atomic E-state index is 0.363. The quantitative estimate of drug-likeness (QED) is 0.813. The zero-order chi connectivity index (χ0) is 13.7. The second-order valence-electron chi connectivity index (χ2n) is 4.69. The molecule has 3 heteroatoms. The van der Waals surface area contributed by atoms with Gasteiger partial charge in [-0.3, -0.25) is 0 Å². The van der Waals surface area contributed by atoms with E-state index in [0.717, 1.165) is 31.6 Å². The number of likely N-dealkylation sites (N-methyl/N-ethyl adjacent to an activating group) is 1. The maximum atomic E-state index is 5.57. The van der Waals surface area contributed by atoms with E-state index in [1.54, 1.807) is 0 Å². The Kier molecular flexibility index (Phi) is 5.23. The van der Waals surface area contributed by atoms with Crippen LogP contribution < -0.4 is 5.32 Å². The first kappa shape index (κ1) is 14.4. The molecule has 2 aromatic heterocycles. The molecule has 0 aliphatic rings. The zero-order valence-corrected chi connectivity index (χ0v) is 12.8. The van der Waals surface area contributed by atoms with Crippen LogP contribution in [0.4, 0.5) is 0 Å². The molecule has 1 N–H and O–H groups in total. The molecule has 1 atom stereocenters. The molecule has 104 valence electrons. The third kappa shape index (κ3) is 3.48. The summed E-state index contributed by atoms with van der Waals surface area (Å²) in [6.07, 6.45) is 4.94. The Labute approximate surface area is 119 Å². The predicted molar refractivity (Wildman–Crippen MR) is 81.9 cm³/mol. The summed E-state index contributed by atoms with van der Waals surface area (Å²) in [5.74, 6) is 1.11. The molecule has 0 aliphatic carbocycles. The number of hydrogen-bond acceptors (Lipinski definition) is 3. The van der Waals surface area contributed by atoms with Crippen molar-refractivity contribution in [2.75, 3.05) is 6.54 Å². The molecule has 0 radical (unpaired) electrons. The normalized spacial score (nSPS) is 12.8. The minimum Gasteiger partial charge on any atom is -0.469 e. The first-order valence-corrected chi connectivity index (χ1v) is 7.97. The minimum absolute atomic E-state index is 0.363. The Morgan fingerprint density at radius 1 is 1.11 bits per heavy atom. The lowest BCUT2D eigenvalue weighted by Gasteiger charge is -2.17. The summed E-state index contributed by atoms with van der Waals surface area (Å²) in [5, 5.41) is 3.58. The lowest BCUT2D eigenvalue weighted by Crippen LogP contribution is -2.23. The highest BCUT2D eigenvalue weighted by molar-refractivity contribution is 7.11. The fraction of sp³-hybridized carbons (Fsp3) is 0.500. The molecular formula is C16H23NOS. The number of nitrogens with one attached hydrogen (secondary N) is 1. The van der Waals surface area contributed by atoms with Gasteiger partial charge in [0.05, 0.1) is 6.26 Å². The highest BCUT2D eigenvalue weighted by Crippen LogP contribution is 2.27. The smallest absolute Gasteiger partial charge is 0.108 e. The number of thiophene rings is 1. The van der Waals surface area contributed by atoms with Crippen molar-refractivity contribution in [1.82, 2.24) is 5.32 Å². The summed E-state index contributed by atoms with van der Waals surface area (Å²) in [7, 11) is 0. The summed E-state index contributed by atoms with van der Waals surface area (Å²) >= 11 is 1.93. The van der Waals surface area contributed by atoms with Crippen molar-refractivity contribution in [3.63, 3.8) is 0 Å². The highest BCUT2D eigenvalue weighted by Gasteiger charge is 2.17. The Balaban J connectivity index is 2.16. The van der Waals surface area contributed by atoms with Crippen LogP contribution in [-0.4, -0.2) is 6.54 Å². The van der Waals surface area contributed by atoms with Crippen LogP contribution >= 0.6 is 11.3 Å². The van der Waals surface area contributed by atoms with E-state index in [4.69, 9.17) is 4.42 Å². The van der Waals surface area contributed by atoms with Gasteiger partial charge in [-0.15, -0.1) is 11.3 Å². The maximum absolute atomic E-state index is 5.57. The molecule has 0 saturated heterocycles. The van der Waals surface area contributed by atoms with Crippen molar-refractivity contribution in [2.24, 2.45) is 0 Å². The average molecular weight is 277 g/mol. The van der Waals surface area contributed by atoms with Crippen LogP contribution in [0.5, 0.6) is 0 Å². The molecule has 1 unspecified atom stereocenters. The van der Waals surface area contributed by atoms with E-state index in [9.17, 15) is 0 Å². The molecule has 2 nitrogen and oxygen atoms in total. The SMILES string of the molecule is CCNC(Cc1ccc(CC)s1)c1ccoc1CC. The Morgan fingerprint density at radius 3 is 2.53 bits per heavy atom. The van der Waals surface area contributed by atoms with Gasteiger partial charge in [-0.2, -0.15) is 0 Å². The van der Waals surface area contributed by atoms with Gasteiger partial charge in [0.15, 0.2) is 0 Å². The van der Waals surface area contributed by atoms with Crippen molar-refractivity contribution < 1.29 is 4.42 Å².